The number of nitrogens with zero attached hydrogens (tertiary/aromatic N) is 3. The molecule has 4 rings (SSSR count). The van der Waals surface area contributed by atoms with Crippen LogP contribution in [0.25, 0.3) is 5.82 Å². The first-order valence-electron chi connectivity index (χ1n) is 7.20. The fourth-order valence-electron chi connectivity index (χ4n) is 2.28. The average molecular weight is 323 g/mol. The van der Waals surface area contributed by atoms with Crippen molar-refractivity contribution in [1.29, 1.82) is 0 Å². The summed E-state index contributed by atoms with van der Waals surface area (Å²) in [7, 11) is 0. The van der Waals surface area contributed by atoms with Gasteiger partial charge in [-0.1, -0.05) is 0 Å². The van der Waals surface area contributed by atoms with Crippen LogP contribution in [0.3, 0.4) is 0 Å². The summed E-state index contributed by atoms with van der Waals surface area (Å²) in [5, 5.41) is 5.45. The van der Waals surface area contributed by atoms with Gasteiger partial charge in [-0.15, -0.1) is 0 Å². The minimum absolute atomic E-state index is 0.194. The molecule has 1 aliphatic rings. The Morgan fingerprint density at radius 2 is 1.92 bits per heavy atom. The van der Waals surface area contributed by atoms with Gasteiger partial charge in [-0.05, 0) is 24.3 Å². The van der Waals surface area contributed by atoms with E-state index in [1.165, 1.54) is 0 Å². The lowest BCUT2D eigenvalue weighted by molar-refractivity contribution is 0.174. The van der Waals surface area contributed by atoms with E-state index in [2.05, 4.69) is 20.6 Å². The van der Waals surface area contributed by atoms with E-state index in [1.54, 1.807) is 59.8 Å². The Labute approximate surface area is 137 Å². The molecule has 1 aromatic carbocycles. The van der Waals surface area contributed by atoms with E-state index in [1.807, 2.05) is 0 Å². The van der Waals surface area contributed by atoms with Gasteiger partial charge in [0.2, 0.25) is 6.79 Å². The van der Waals surface area contributed by atoms with Gasteiger partial charge >= 0.3 is 6.03 Å². The van der Waals surface area contributed by atoms with Crippen LogP contribution in [-0.4, -0.2) is 27.4 Å². The highest BCUT2D eigenvalue weighted by Gasteiger charge is 2.14. The Morgan fingerprint density at radius 3 is 2.71 bits per heavy atom. The number of carbonyl (C=O) groups is 1. The lowest BCUT2D eigenvalue weighted by Gasteiger charge is -2.08. The number of anilines is 2. The average Bonchev–Trinajstić information content (AvgIpc) is 3.26. The molecular formula is C16H13N5O3. The number of hydrogen-bond acceptors (Lipinski definition) is 5. The second-order valence-corrected chi connectivity index (χ2v) is 5.02. The number of urea groups is 1. The maximum absolute atomic E-state index is 12.1. The molecule has 3 heterocycles. The quantitative estimate of drug-likeness (QED) is 0.773. The van der Waals surface area contributed by atoms with Crippen molar-refractivity contribution in [1.82, 2.24) is 14.5 Å². The van der Waals surface area contributed by atoms with Crippen molar-refractivity contribution in [2.45, 2.75) is 0 Å². The third-order valence-corrected chi connectivity index (χ3v) is 3.41. The van der Waals surface area contributed by atoms with E-state index in [0.29, 0.717) is 28.7 Å². The Bertz CT molecular complexity index is 862. The van der Waals surface area contributed by atoms with E-state index >= 15 is 0 Å². The molecule has 8 heteroatoms. The minimum Gasteiger partial charge on any atom is -0.454 e. The molecule has 0 fully saturated rings. The maximum Gasteiger partial charge on any atom is 0.323 e. The highest BCUT2D eigenvalue weighted by Crippen LogP contribution is 2.34. The van der Waals surface area contributed by atoms with E-state index in [-0.39, 0.29) is 12.8 Å². The fourth-order valence-corrected chi connectivity index (χ4v) is 2.28. The van der Waals surface area contributed by atoms with Gasteiger partial charge in [0.25, 0.3) is 0 Å². The van der Waals surface area contributed by atoms with Gasteiger partial charge < -0.3 is 20.1 Å². The zero-order valence-corrected chi connectivity index (χ0v) is 12.5. The number of aromatic nitrogens is 3. The molecule has 24 heavy (non-hydrogen) atoms. The number of fused-ring (bicyclic) bond motifs is 1. The van der Waals surface area contributed by atoms with Crippen LogP contribution < -0.4 is 20.1 Å². The molecule has 0 radical (unpaired) electrons. The third kappa shape index (κ3) is 2.84. The minimum atomic E-state index is -0.369. The largest absolute Gasteiger partial charge is 0.454 e. The van der Waals surface area contributed by atoms with Crippen molar-refractivity contribution in [3.63, 3.8) is 0 Å². The van der Waals surface area contributed by atoms with Crippen LogP contribution in [0.2, 0.25) is 0 Å². The van der Waals surface area contributed by atoms with Crippen molar-refractivity contribution in [3.05, 3.63) is 55.2 Å². The molecule has 0 unspecified atom stereocenters. The van der Waals surface area contributed by atoms with Crippen molar-refractivity contribution in [2.75, 3.05) is 17.4 Å². The Balaban J connectivity index is 1.41. The van der Waals surface area contributed by atoms with Crippen LogP contribution in [0.4, 0.5) is 16.2 Å². The Morgan fingerprint density at radius 1 is 1.08 bits per heavy atom. The molecule has 0 saturated heterocycles. The smallest absolute Gasteiger partial charge is 0.323 e. The van der Waals surface area contributed by atoms with Crippen molar-refractivity contribution in [3.8, 4) is 17.3 Å². The molecule has 120 valence electrons. The summed E-state index contributed by atoms with van der Waals surface area (Å²) in [6, 6.07) is 8.39. The zero-order valence-electron chi connectivity index (χ0n) is 12.5. The summed E-state index contributed by atoms with van der Waals surface area (Å²) < 4.78 is 12.3. The molecule has 0 spiro atoms. The number of hydrogen-bond donors (Lipinski definition) is 2. The molecule has 0 aliphatic carbocycles. The number of amides is 2. The summed E-state index contributed by atoms with van der Waals surface area (Å²) in [6.45, 7) is 0.194. The maximum atomic E-state index is 12.1. The standard InChI is InChI=1S/C16H13N5O3/c22-16(19-11-1-3-13-14(7-11)24-10-23-13)20-12-2-4-15(18-8-12)21-6-5-17-9-21/h1-9H,10H2,(H2,19,20,22). The summed E-state index contributed by atoms with van der Waals surface area (Å²) in [4.78, 5) is 20.3. The van der Waals surface area contributed by atoms with E-state index in [9.17, 15) is 4.79 Å². The highest BCUT2D eigenvalue weighted by molar-refractivity contribution is 5.99. The fraction of sp³-hybridized carbons (Fsp3) is 0.0625. The van der Waals surface area contributed by atoms with Crippen LogP contribution in [-0.2, 0) is 0 Å². The van der Waals surface area contributed by atoms with Gasteiger partial charge in [0, 0.05) is 24.1 Å². The number of carbonyl (C=O) groups excluding carboxylic acids is 1. The number of pyridine rings is 1. The lowest BCUT2D eigenvalue weighted by Crippen LogP contribution is -2.19. The molecule has 0 atom stereocenters. The molecule has 0 bridgehead atoms. The number of nitrogens with one attached hydrogen (secondary N) is 2. The van der Waals surface area contributed by atoms with Gasteiger partial charge in [0.1, 0.15) is 12.1 Å². The summed E-state index contributed by atoms with van der Waals surface area (Å²) in [6.07, 6.45) is 6.70. The second-order valence-electron chi connectivity index (χ2n) is 5.02. The first-order chi connectivity index (χ1) is 11.8. The molecular weight excluding hydrogens is 310 g/mol. The molecule has 3 aromatic rings. The van der Waals surface area contributed by atoms with Gasteiger partial charge in [-0.2, -0.15) is 0 Å². The number of ether oxygens (including phenoxy) is 2. The first-order valence-corrected chi connectivity index (χ1v) is 7.20. The monoisotopic (exact) mass is 323 g/mol. The van der Waals surface area contributed by atoms with Crippen molar-refractivity contribution in [2.24, 2.45) is 0 Å². The van der Waals surface area contributed by atoms with Gasteiger partial charge in [0.15, 0.2) is 11.5 Å². The summed E-state index contributed by atoms with van der Waals surface area (Å²) >= 11 is 0. The second kappa shape index (κ2) is 5.92. The van der Waals surface area contributed by atoms with Crippen molar-refractivity contribution < 1.29 is 14.3 Å². The summed E-state index contributed by atoms with van der Waals surface area (Å²) in [5.74, 6) is 1.99. The Kier molecular flexibility index (Phi) is 3.47. The predicted molar refractivity (Wildman–Crippen MR) is 86.6 cm³/mol. The van der Waals surface area contributed by atoms with Crippen LogP contribution in [0.15, 0.2) is 55.2 Å². The SMILES string of the molecule is O=C(Nc1ccc(-n2ccnc2)nc1)Nc1ccc2c(c1)OCO2. The predicted octanol–water partition coefficient (Wildman–Crippen LogP) is 2.64. The van der Waals surface area contributed by atoms with Gasteiger partial charge in [0.05, 0.1) is 11.9 Å². The van der Waals surface area contributed by atoms with Crippen molar-refractivity contribution >= 4 is 17.4 Å². The normalized spacial score (nSPS) is 12.0. The lowest BCUT2D eigenvalue weighted by atomic mass is 10.3. The highest BCUT2D eigenvalue weighted by atomic mass is 16.7. The molecule has 2 N–H and O–H groups in total. The Hall–Kier alpha value is -3.55. The topological polar surface area (TPSA) is 90.3 Å². The van der Waals surface area contributed by atoms with E-state index in [4.69, 9.17) is 9.47 Å². The van der Waals surface area contributed by atoms with Gasteiger partial charge in [-0.3, -0.25) is 4.57 Å². The summed E-state index contributed by atoms with van der Waals surface area (Å²) in [5.41, 5.74) is 1.19. The molecule has 2 amide bonds. The number of rotatable bonds is 3. The van der Waals surface area contributed by atoms with Gasteiger partial charge in [-0.25, -0.2) is 14.8 Å². The van der Waals surface area contributed by atoms with E-state index in [0.717, 1.165) is 0 Å². The first kappa shape index (κ1) is 14.1. The number of imidazole rings is 1. The van der Waals surface area contributed by atoms with E-state index < -0.39 is 0 Å². The third-order valence-electron chi connectivity index (χ3n) is 3.41. The van der Waals surface area contributed by atoms with Crippen LogP contribution in [0.5, 0.6) is 11.5 Å². The molecule has 0 saturated carbocycles. The number of benzene rings is 1. The van der Waals surface area contributed by atoms with Crippen LogP contribution >= 0.6 is 0 Å². The van der Waals surface area contributed by atoms with Crippen LogP contribution in [0, 0.1) is 0 Å². The molecule has 8 nitrogen and oxygen atoms in total. The van der Waals surface area contributed by atoms with Crippen LogP contribution in [0.1, 0.15) is 0 Å². The molecule has 1 aliphatic heterocycles. The molecule has 2 aromatic heterocycles. The zero-order chi connectivity index (χ0) is 16.4.